The minimum absolute atomic E-state index is 0.0396. The summed E-state index contributed by atoms with van der Waals surface area (Å²) in [6.45, 7) is 1.77. The van der Waals surface area contributed by atoms with Crippen molar-refractivity contribution in [1.82, 2.24) is 0 Å². The van der Waals surface area contributed by atoms with Crippen molar-refractivity contribution in [3.63, 3.8) is 0 Å². The zero-order chi connectivity index (χ0) is 6.24. The Morgan fingerprint density at radius 3 is 2.25 bits per heavy atom. The predicted octanol–water partition coefficient (Wildman–Crippen LogP) is -0.165. The van der Waals surface area contributed by atoms with Crippen LogP contribution in [0.2, 0.25) is 8.87 Å². The zero-order valence-corrected chi connectivity index (χ0v) is 8.04. The predicted molar refractivity (Wildman–Crippen MR) is 38.1 cm³/mol. The molecule has 2 nitrogen and oxygen atoms in total. The second kappa shape index (κ2) is 7.72. The summed E-state index contributed by atoms with van der Waals surface area (Å²) in [5.74, 6) is 0. The normalized spacial score (nSPS) is 9.75. The molecule has 8 heavy (non-hydrogen) atoms. The van der Waals surface area contributed by atoms with Crippen LogP contribution in [0.25, 0.3) is 0 Å². The summed E-state index contributed by atoms with van der Waals surface area (Å²) in [4.78, 5) is 0. The second-order valence-electron chi connectivity index (χ2n) is 1.68. The molecule has 4 N–H and O–H groups in total. The standard InChI is InChI=1S/C3H8N.C2H6N.Sn/c1-2-3-4;1-2-3;/h1-4H2;1-3H2;. The van der Waals surface area contributed by atoms with Crippen LogP contribution in [0.15, 0.2) is 0 Å². The van der Waals surface area contributed by atoms with Crippen LogP contribution >= 0.6 is 0 Å². The first-order chi connectivity index (χ1) is 3.91. The summed E-state index contributed by atoms with van der Waals surface area (Å²) in [6.07, 6.45) is 1.23. The van der Waals surface area contributed by atoms with Gasteiger partial charge in [0.25, 0.3) is 0 Å². The Morgan fingerprint density at radius 2 is 1.75 bits per heavy atom. The quantitative estimate of drug-likeness (QED) is 0.500. The van der Waals surface area contributed by atoms with Gasteiger partial charge in [-0.25, -0.2) is 0 Å². The van der Waals surface area contributed by atoms with Crippen LogP contribution in [0.5, 0.6) is 0 Å². The molecule has 0 aromatic carbocycles. The summed E-state index contributed by atoms with van der Waals surface area (Å²) < 4.78 is 2.74. The number of nitrogens with two attached hydrogens (primary N) is 2. The van der Waals surface area contributed by atoms with Crippen molar-refractivity contribution >= 4 is 21.1 Å². The van der Waals surface area contributed by atoms with E-state index in [0.717, 1.165) is 13.1 Å². The van der Waals surface area contributed by atoms with Crippen molar-refractivity contribution in [3.05, 3.63) is 0 Å². The molecule has 0 unspecified atom stereocenters. The van der Waals surface area contributed by atoms with Gasteiger partial charge in [-0.1, -0.05) is 0 Å². The first-order valence-electron chi connectivity index (χ1n) is 3.02. The molecule has 0 aliphatic heterocycles. The Morgan fingerprint density at radius 1 is 1.00 bits per heavy atom. The van der Waals surface area contributed by atoms with Crippen LogP contribution in [0.1, 0.15) is 6.42 Å². The van der Waals surface area contributed by atoms with Crippen LogP contribution in [-0.4, -0.2) is 34.2 Å². The number of hydrogen-bond donors (Lipinski definition) is 2. The average Bonchev–Trinajstić information content (AvgIpc) is 1.81. The molecular weight excluding hydrogens is 207 g/mol. The van der Waals surface area contributed by atoms with Crippen molar-refractivity contribution in [2.24, 2.45) is 11.5 Å². The van der Waals surface area contributed by atoms with Crippen molar-refractivity contribution in [1.29, 1.82) is 0 Å². The molecule has 48 valence electrons. The average molecular weight is 221 g/mol. The monoisotopic (exact) mass is 222 g/mol. The molecule has 0 amide bonds. The van der Waals surface area contributed by atoms with E-state index in [1.165, 1.54) is 15.3 Å². The van der Waals surface area contributed by atoms with Gasteiger partial charge in [0, 0.05) is 0 Å². The summed E-state index contributed by atoms with van der Waals surface area (Å²) in [5.41, 5.74) is 10.6. The van der Waals surface area contributed by atoms with E-state index in [1.54, 1.807) is 0 Å². The van der Waals surface area contributed by atoms with Crippen molar-refractivity contribution in [3.8, 4) is 0 Å². The molecule has 2 radical (unpaired) electrons. The first-order valence-corrected chi connectivity index (χ1v) is 7.06. The Hall–Kier alpha value is 0.719. The molecule has 0 saturated heterocycles. The van der Waals surface area contributed by atoms with E-state index in [2.05, 4.69) is 0 Å². The fraction of sp³-hybridized carbons (Fsp3) is 1.00. The zero-order valence-electron chi connectivity index (χ0n) is 5.19. The SMILES string of the molecule is NCC[CH2][Sn][CH2]CN. The van der Waals surface area contributed by atoms with Gasteiger partial charge in [-0.2, -0.15) is 0 Å². The van der Waals surface area contributed by atoms with Gasteiger partial charge in [0.2, 0.25) is 0 Å². The van der Waals surface area contributed by atoms with Gasteiger partial charge < -0.3 is 0 Å². The van der Waals surface area contributed by atoms with Gasteiger partial charge in [0.05, 0.1) is 0 Å². The maximum atomic E-state index is 5.32. The third-order valence-corrected chi connectivity index (χ3v) is 4.73. The summed E-state index contributed by atoms with van der Waals surface area (Å²) in [6, 6.07) is 0. The van der Waals surface area contributed by atoms with Crippen LogP contribution in [0.3, 0.4) is 0 Å². The van der Waals surface area contributed by atoms with Crippen LogP contribution < -0.4 is 11.5 Å². The topological polar surface area (TPSA) is 52.0 Å². The van der Waals surface area contributed by atoms with Crippen molar-refractivity contribution in [2.45, 2.75) is 15.3 Å². The molecule has 0 heterocycles. The third-order valence-electron chi connectivity index (χ3n) is 0.879. The van der Waals surface area contributed by atoms with Gasteiger partial charge in [0.1, 0.15) is 0 Å². The van der Waals surface area contributed by atoms with Gasteiger partial charge in [-0.15, -0.1) is 0 Å². The third kappa shape index (κ3) is 6.72. The van der Waals surface area contributed by atoms with Crippen molar-refractivity contribution in [2.75, 3.05) is 13.1 Å². The molecule has 0 aromatic heterocycles. The summed E-state index contributed by atoms with van der Waals surface area (Å²) >= 11 is -0.0396. The Bertz CT molecular complexity index is 35.4. The molecule has 0 aromatic rings. The molecule has 0 rings (SSSR count). The summed E-state index contributed by atoms with van der Waals surface area (Å²) in [7, 11) is 0. The molecule has 3 heteroatoms. The van der Waals surface area contributed by atoms with Crippen LogP contribution in [0.4, 0.5) is 0 Å². The van der Waals surface area contributed by atoms with Gasteiger partial charge in [-0.05, 0) is 0 Å². The van der Waals surface area contributed by atoms with E-state index in [0.29, 0.717) is 0 Å². The fourth-order valence-corrected chi connectivity index (χ4v) is 3.05. The van der Waals surface area contributed by atoms with Gasteiger partial charge in [-0.3, -0.25) is 0 Å². The molecule has 0 aliphatic rings. The Labute approximate surface area is 61.2 Å². The molecule has 0 bridgehead atoms. The molecule has 0 aliphatic carbocycles. The van der Waals surface area contributed by atoms with Crippen LogP contribution in [0, 0.1) is 0 Å². The Balaban J connectivity index is 2.53. The Kier molecular flexibility index (Phi) is 8.41. The molecule has 0 atom stereocenters. The van der Waals surface area contributed by atoms with E-state index in [4.69, 9.17) is 11.5 Å². The van der Waals surface area contributed by atoms with Crippen LogP contribution in [-0.2, 0) is 0 Å². The van der Waals surface area contributed by atoms with Gasteiger partial charge in [0.15, 0.2) is 0 Å². The molecule has 0 fully saturated rings. The van der Waals surface area contributed by atoms with E-state index < -0.39 is 0 Å². The summed E-state index contributed by atoms with van der Waals surface area (Å²) in [5, 5.41) is 0. The van der Waals surface area contributed by atoms with E-state index in [9.17, 15) is 0 Å². The first kappa shape index (κ1) is 8.72. The van der Waals surface area contributed by atoms with E-state index >= 15 is 0 Å². The molecular formula is C5H14N2Sn. The second-order valence-corrected chi connectivity index (χ2v) is 5.96. The number of rotatable bonds is 5. The van der Waals surface area contributed by atoms with E-state index in [1.807, 2.05) is 0 Å². The van der Waals surface area contributed by atoms with Crippen molar-refractivity contribution < 1.29 is 0 Å². The fourth-order valence-electron chi connectivity index (χ4n) is 0.454. The number of hydrogen-bond acceptors (Lipinski definition) is 2. The van der Waals surface area contributed by atoms with Gasteiger partial charge >= 0.3 is 61.0 Å². The van der Waals surface area contributed by atoms with E-state index in [-0.39, 0.29) is 21.1 Å². The molecule has 0 spiro atoms. The maximum absolute atomic E-state index is 5.32. The molecule has 0 saturated carbocycles. The minimum atomic E-state index is -0.0396.